The molecule has 2 rings (SSSR count). The van der Waals surface area contributed by atoms with Crippen molar-refractivity contribution in [1.29, 1.82) is 0 Å². The largest absolute Gasteiger partial charge is 0.507 e. The van der Waals surface area contributed by atoms with Crippen LogP contribution in [0.1, 0.15) is 25.5 Å². The second kappa shape index (κ2) is 5.82. The number of aromatic hydroxyl groups is 2. The Balaban J connectivity index is 2.39. The van der Waals surface area contributed by atoms with E-state index in [2.05, 4.69) is 0 Å². The maximum absolute atomic E-state index is 13.0. The molecule has 0 bridgehead atoms. The maximum Gasteiger partial charge on any atom is 0.124 e. The molecule has 1 unspecified atom stereocenters. The zero-order valence-electron chi connectivity index (χ0n) is 11.5. The minimum atomic E-state index is -0.289. The van der Waals surface area contributed by atoms with Crippen LogP contribution in [0.2, 0.25) is 0 Å². The number of nitrogens with zero attached hydrogens (tertiary/aromatic N) is 1. The molecule has 0 spiro atoms. The molecule has 0 radical (unpaired) electrons. The molecule has 2 aromatic rings. The van der Waals surface area contributed by atoms with E-state index in [1.165, 1.54) is 12.1 Å². The van der Waals surface area contributed by atoms with Gasteiger partial charge in [0, 0.05) is 12.2 Å². The first-order valence-corrected chi connectivity index (χ1v) is 6.57. The Morgan fingerprint density at radius 3 is 2.10 bits per heavy atom. The normalized spacial score (nSPS) is 12.2. The second-order valence-corrected chi connectivity index (χ2v) is 4.65. The number of hydrogen-bond donors (Lipinski definition) is 2. The monoisotopic (exact) mass is 275 g/mol. The Hall–Kier alpha value is -2.23. The van der Waals surface area contributed by atoms with E-state index in [1.54, 1.807) is 30.3 Å². The molecule has 0 saturated heterocycles. The fraction of sp³-hybridized carbons (Fsp3) is 0.250. The van der Waals surface area contributed by atoms with Gasteiger partial charge in [-0.05, 0) is 50.2 Å². The molecular weight excluding hydrogens is 257 g/mol. The van der Waals surface area contributed by atoms with Gasteiger partial charge >= 0.3 is 0 Å². The molecule has 4 heteroatoms. The Kier molecular flexibility index (Phi) is 4.13. The Morgan fingerprint density at radius 2 is 1.60 bits per heavy atom. The van der Waals surface area contributed by atoms with Crippen molar-refractivity contribution in [3.05, 3.63) is 53.8 Å². The van der Waals surface area contributed by atoms with Crippen molar-refractivity contribution in [2.24, 2.45) is 0 Å². The lowest BCUT2D eigenvalue weighted by Gasteiger charge is -2.31. The van der Waals surface area contributed by atoms with E-state index in [-0.39, 0.29) is 23.4 Å². The molecule has 1 atom stereocenters. The smallest absolute Gasteiger partial charge is 0.124 e. The van der Waals surface area contributed by atoms with Crippen LogP contribution >= 0.6 is 0 Å². The minimum absolute atomic E-state index is 0.0538. The van der Waals surface area contributed by atoms with Crippen molar-refractivity contribution < 1.29 is 14.6 Å². The third kappa shape index (κ3) is 2.69. The summed E-state index contributed by atoms with van der Waals surface area (Å²) in [7, 11) is 0. The van der Waals surface area contributed by atoms with Gasteiger partial charge in [0.25, 0.3) is 0 Å². The Bertz CT molecular complexity index is 563. The molecule has 0 aliphatic heterocycles. The van der Waals surface area contributed by atoms with Crippen LogP contribution in [0.4, 0.5) is 10.1 Å². The summed E-state index contributed by atoms with van der Waals surface area (Å²) in [4.78, 5) is 1.98. The fourth-order valence-corrected chi connectivity index (χ4v) is 2.44. The SMILES string of the molecule is CCN(c1ccc(F)cc1)C(C)c1c(O)cccc1O. The van der Waals surface area contributed by atoms with Crippen LogP contribution in [0, 0.1) is 5.82 Å². The van der Waals surface area contributed by atoms with Crippen molar-refractivity contribution in [2.75, 3.05) is 11.4 Å². The lowest BCUT2D eigenvalue weighted by molar-refractivity contribution is 0.428. The highest BCUT2D eigenvalue weighted by atomic mass is 19.1. The van der Waals surface area contributed by atoms with Gasteiger partial charge < -0.3 is 15.1 Å². The summed E-state index contributed by atoms with van der Waals surface area (Å²) in [5, 5.41) is 19.9. The predicted molar refractivity (Wildman–Crippen MR) is 77.6 cm³/mol. The van der Waals surface area contributed by atoms with Crippen LogP contribution < -0.4 is 4.90 Å². The van der Waals surface area contributed by atoms with Gasteiger partial charge in [0.05, 0.1) is 11.6 Å². The fourth-order valence-electron chi connectivity index (χ4n) is 2.44. The zero-order chi connectivity index (χ0) is 14.7. The first-order chi connectivity index (χ1) is 9.54. The van der Waals surface area contributed by atoms with Crippen LogP contribution in [-0.2, 0) is 0 Å². The highest BCUT2D eigenvalue weighted by Crippen LogP contribution is 2.37. The number of hydrogen-bond acceptors (Lipinski definition) is 3. The average molecular weight is 275 g/mol. The molecule has 0 heterocycles. The maximum atomic E-state index is 13.0. The van der Waals surface area contributed by atoms with E-state index in [1.807, 2.05) is 18.7 Å². The van der Waals surface area contributed by atoms with E-state index in [9.17, 15) is 14.6 Å². The molecule has 0 aliphatic rings. The Morgan fingerprint density at radius 1 is 1.05 bits per heavy atom. The van der Waals surface area contributed by atoms with Crippen LogP contribution in [-0.4, -0.2) is 16.8 Å². The molecule has 2 N–H and O–H groups in total. The van der Waals surface area contributed by atoms with Crippen LogP contribution in [0.15, 0.2) is 42.5 Å². The first kappa shape index (κ1) is 14.2. The molecule has 20 heavy (non-hydrogen) atoms. The molecule has 0 saturated carbocycles. The van der Waals surface area contributed by atoms with E-state index in [0.29, 0.717) is 12.1 Å². The minimum Gasteiger partial charge on any atom is -0.507 e. The lowest BCUT2D eigenvalue weighted by Crippen LogP contribution is -2.26. The van der Waals surface area contributed by atoms with Gasteiger partial charge in [-0.15, -0.1) is 0 Å². The highest BCUT2D eigenvalue weighted by Gasteiger charge is 2.21. The summed E-state index contributed by atoms with van der Waals surface area (Å²) in [5.74, 6) is -0.181. The molecular formula is C16H18FNO2. The number of anilines is 1. The zero-order valence-corrected chi connectivity index (χ0v) is 11.5. The predicted octanol–water partition coefficient (Wildman–Crippen LogP) is 3.82. The van der Waals surface area contributed by atoms with Gasteiger partial charge in [0.1, 0.15) is 17.3 Å². The molecule has 0 amide bonds. The van der Waals surface area contributed by atoms with Crippen molar-refractivity contribution in [3.8, 4) is 11.5 Å². The van der Waals surface area contributed by atoms with Crippen molar-refractivity contribution >= 4 is 5.69 Å². The first-order valence-electron chi connectivity index (χ1n) is 6.57. The molecule has 0 aromatic heterocycles. The van der Waals surface area contributed by atoms with Crippen molar-refractivity contribution in [2.45, 2.75) is 19.9 Å². The number of rotatable bonds is 4. The van der Waals surface area contributed by atoms with Gasteiger partial charge in [-0.25, -0.2) is 4.39 Å². The van der Waals surface area contributed by atoms with E-state index in [0.717, 1.165) is 5.69 Å². The summed E-state index contributed by atoms with van der Waals surface area (Å²) in [6.45, 7) is 4.53. The van der Waals surface area contributed by atoms with Crippen molar-refractivity contribution in [1.82, 2.24) is 0 Å². The van der Waals surface area contributed by atoms with Gasteiger partial charge in [-0.2, -0.15) is 0 Å². The third-order valence-corrected chi connectivity index (χ3v) is 3.44. The van der Waals surface area contributed by atoms with Gasteiger partial charge in [0.15, 0.2) is 0 Å². The van der Waals surface area contributed by atoms with Crippen LogP contribution in [0.25, 0.3) is 0 Å². The summed E-state index contributed by atoms with van der Waals surface area (Å²) in [6, 6.07) is 10.6. The summed E-state index contributed by atoms with van der Waals surface area (Å²) < 4.78 is 13.0. The molecule has 3 nitrogen and oxygen atoms in total. The van der Waals surface area contributed by atoms with Gasteiger partial charge in [0.2, 0.25) is 0 Å². The molecule has 0 aliphatic carbocycles. The van der Waals surface area contributed by atoms with E-state index < -0.39 is 0 Å². The number of phenolic OH excluding ortho intramolecular Hbond substituents is 2. The van der Waals surface area contributed by atoms with E-state index >= 15 is 0 Å². The number of phenols is 2. The van der Waals surface area contributed by atoms with Crippen LogP contribution in [0.3, 0.4) is 0 Å². The lowest BCUT2D eigenvalue weighted by atomic mass is 10.0. The topological polar surface area (TPSA) is 43.7 Å². The van der Waals surface area contributed by atoms with Gasteiger partial charge in [-0.1, -0.05) is 6.07 Å². The summed E-state index contributed by atoms with van der Waals surface area (Å²) in [6.07, 6.45) is 0. The van der Waals surface area contributed by atoms with Crippen LogP contribution in [0.5, 0.6) is 11.5 Å². The Labute approximate surface area is 117 Å². The quantitative estimate of drug-likeness (QED) is 0.891. The van der Waals surface area contributed by atoms with Gasteiger partial charge in [-0.3, -0.25) is 0 Å². The standard InChI is InChI=1S/C16H18FNO2/c1-3-18(13-9-7-12(17)8-10-13)11(2)16-14(19)5-4-6-15(16)20/h4-11,19-20H,3H2,1-2H3. The summed E-state index contributed by atoms with van der Waals surface area (Å²) in [5.41, 5.74) is 1.31. The number of halogens is 1. The van der Waals surface area contributed by atoms with E-state index in [4.69, 9.17) is 0 Å². The summed E-state index contributed by atoms with van der Waals surface area (Å²) >= 11 is 0. The molecule has 0 fully saturated rings. The average Bonchev–Trinajstić information content (AvgIpc) is 2.41. The highest BCUT2D eigenvalue weighted by molar-refractivity contribution is 5.53. The van der Waals surface area contributed by atoms with Crippen molar-refractivity contribution in [3.63, 3.8) is 0 Å². The molecule has 106 valence electrons. The molecule has 2 aromatic carbocycles. The second-order valence-electron chi connectivity index (χ2n) is 4.65. The number of benzene rings is 2. The third-order valence-electron chi connectivity index (χ3n) is 3.44.